The maximum atomic E-state index is 12.2. The number of nitrogens with one attached hydrogen (secondary N) is 2. The number of carbonyl (C=O) groups is 1. The van der Waals surface area contributed by atoms with E-state index in [-0.39, 0.29) is 11.4 Å². The summed E-state index contributed by atoms with van der Waals surface area (Å²) in [6.07, 6.45) is 4.25. The van der Waals surface area contributed by atoms with Crippen molar-refractivity contribution in [2.75, 3.05) is 26.8 Å². The van der Waals surface area contributed by atoms with E-state index in [0.717, 1.165) is 36.3 Å². The Balaban J connectivity index is 1.98. The molecule has 21 heavy (non-hydrogen) atoms. The lowest BCUT2D eigenvalue weighted by molar-refractivity contribution is -0.122. The van der Waals surface area contributed by atoms with Crippen LogP contribution in [0.3, 0.4) is 0 Å². The highest BCUT2D eigenvalue weighted by Crippen LogP contribution is 2.39. The van der Waals surface area contributed by atoms with Crippen molar-refractivity contribution in [2.24, 2.45) is 0 Å². The largest absolute Gasteiger partial charge is 0.383 e. The number of hydrogen-bond donors (Lipinski definition) is 2. The molecule has 2 rings (SSSR count). The highest BCUT2D eigenvalue weighted by molar-refractivity contribution is 6.30. The average molecular weight is 311 g/mol. The van der Waals surface area contributed by atoms with E-state index in [1.807, 2.05) is 24.3 Å². The van der Waals surface area contributed by atoms with Gasteiger partial charge in [-0.3, -0.25) is 4.79 Å². The van der Waals surface area contributed by atoms with E-state index in [9.17, 15) is 4.79 Å². The number of ether oxygens (including phenoxy) is 1. The van der Waals surface area contributed by atoms with Crippen LogP contribution in [0.2, 0.25) is 5.02 Å². The van der Waals surface area contributed by atoms with E-state index >= 15 is 0 Å². The van der Waals surface area contributed by atoms with Crippen molar-refractivity contribution in [3.8, 4) is 0 Å². The summed E-state index contributed by atoms with van der Waals surface area (Å²) < 4.78 is 4.95. The number of carbonyl (C=O) groups excluding carboxylic acids is 1. The van der Waals surface area contributed by atoms with E-state index in [0.29, 0.717) is 19.7 Å². The van der Waals surface area contributed by atoms with Gasteiger partial charge in [0.1, 0.15) is 0 Å². The second-order valence-corrected chi connectivity index (χ2v) is 5.95. The smallest absolute Gasteiger partial charge is 0.234 e. The molecule has 5 heteroatoms. The first-order chi connectivity index (χ1) is 10.2. The Hall–Kier alpha value is -1.10. The molecule has 1 aromatic rings. The average Bonchev–Trinajstić information content (AvgIpc) is 2.94. The highest BCUT2D eigenvalue weighted by Gasteiger charge is 2.36. The second kappa shape index (κ2) is 7.78. The second-order valence-electron chi connectivity index (χ2n) is 5.51. The number of benzene rings is 1. The number of hydrogen-bond acceptors (Lipinski definition) is 3. The fraction of sp³-hybridized carbons (Fsp3) is 0.562. The summed E-state index contributed by atoms with van der Waals surface area (Å²) in [5, 5.41) is 7.02. The third-order valence-electron chi connectivity index (χ3n) is 4.00. The van der Waals surface area contributed by atoms with Gasteiger partial charge in [0, 0.05) is 18.7 Å². The molecule has 0 saturated heterocycles. The topological polar surface area (TPSA) is 50.4 Å². The summed E-state index contributed by atoms with van der Waals surface area (Å²) in [5.41, 5.74) is 0.916. The standard InChI is InChI=1S/C16H23ClN2O2/c1-21-11-10-18-12-15(20)19-16(8-2-3-9-16)13-4-6-14(17)7-5-13/h4-7,18H,2-3,8-12H2,1H3,(H,19,20). The van der Waals surface area contributed by atoms with Gasteiger partial charge in [-0.2, -0.15) is 0 Å². The van der Waals surface area contributed by atoms with Crippen LogP contribution in [0.25, 0.3) is 0 Å². The van der Waals surface area contributed by atoms with E-state index in [2.05, 4.69) is 10.6 Å². The molecule has 1 aromatic carbocycles. The molecule has 0 atom stereocenters. The molecule has 2 N–H and O–H groups in total. The van der Waals surface area contributed by atoms with Crippen LogP contribution in [0.5, 0.6) is 0 Å². The highest BCUT2D eigenvalue weighted by atomic mass is 35.5. The van der Waals surface area contributed by atoms with Gasteiger partial charge < -0.3 is 15.4 Å². The summed E-state index contributed by atoms with van der Waals surface area (Å²) in [5.74, 6) is 0.0305. The van der Waals surface area contributed by atoms with Crippen molar-refractivity contribution in [2.45, 2.75) is 31.2 Å². The third kappa shape index (κ3) is 4.43. The minimum Gasteiger partial charge on any atom is -0.383 e. The van der Waals surface area contributed by atoms with Gasteiger partial charge in [-0.25, -0.2) is 0 Å². The van der Waals surface area contributed by atoms with Crippen LogP contribution in [0, 0.1) is 0 Å². The van der Waals surface area contributed by atoms with Crippen LogP contribution < -0.4 is 10.6 Å². The Kier molecular flexibility index (Phi) is 6.03. The van der Waals surface area contributed by atoms with E-state index in [1.54, 1.807) is 7.11 Å². The van der Waals surface area contributed by atoms with Crippen molar-refractivity contribution in [3.63, 3.8) is 0 Å². The van der Waals surface area contributed by atoms with Gasteiger partial charge in [0.25, 0.3) is 0 Å². The van der Waals surface area contributed by atoms with Crippen molar-refractivity contribution in [3.05, 3.63) is 34.9 Å². The van der Waals surface area contributed by atoms with Gasteiger partial charge in [0.15, 0.2) is 0 Å². The molecule has 0 aromatic heterocycles. The molecule has 1 fully saturated rings. The predicted molar refractivity (Wildman–Crippen MR) is 84.5 cm³/mol. The van der Waals surface area contributed by atoms with E-state index in [1.165, 1.54) is 0 Å². The Labute approximate surface area is 131 Å². The van der Waals surface area contributed by atoms with Crippen LogP contribution >= 0.6 is 11.6 Å². The van der Waals surface area contributed by atoms with Gasteiger partial charge in [-0.1, -0.05) is 36.6 Å². The molecular weight excluding hydrogens is 288 g/mol. The fourth-order valence-electron chi connectivity index (χ4n) is 2.92. The fourth-order valence-corrected chi connectivity index (χ4v) is 3.05. The van der Waals surface area contributed by atoms with Crippen molar-refractivity contribution in [1.82, 2.24) is 10.6 Å². The molecule has 1 amide bonds. The van der Waals surface area contributed by atoms with Crippen LogP contribution in [0.1, 0.15) is 31.2 Å². The van der Waals surface area contributed by atoms with Gasteiger partial charge in [-0.05, 0) is 30.5 Å². The molecule has 0 heterocycles. The maximum absolute atomic E-state index is 12.2. The zero-order valence-corrected chi connectivity index (χ0v) is 13.2. The number of amides is 1. The summed E-state index contributed by atoms with van der Waals surface area (Å²) in [7, 11) is 1.65. The minimum atomic E-state index is -0.232. The Bertz CT molecular complexity index is 456. The first-order valence-electron chi connectivity index (χ1n) is 7.43. The Morgan fingerprint density at radius 1 is 1.29 bits per heavy atom. The number of methoxy groups -OCH3 is 1. The van der Waals surface area contributed by atoms with Gasteiger partial charge in [0.05, 0.1) is 18.7 Å². The molecular formula is C16H23ClN2O2. The monoisotopic (exact) mass is 310 g/mol. The zero-order chi connectivity index (χ0) is 15.1. The quantitative estimate of drug-likeness (QED) is 0.761. The Morgan fingerprint density at radius 2 is 1.95 bits per heavy atom. The minimum absolute atomic E-state index is 0.0305. The van der Waals surface area contributed by atoms with Gasteiger partial charge >= 0.3 is 0 Å². The predicted octanol–water partition coefficient (Wildman–Crippen LogP) is 2.46. The maximum Gasteiger partial charge on any atom is 0.234 e. The SMILES string of the molecule is COCCNCC(=O)NC1(c2ccc(Cl)cc2)CCCC1. The first-order valence-corrected chi connectivity index (χ1v) is 7.81. The molecule has 4 nitrogen and oxygen atoms in total. The van der Waals surface area contributed by atoms with Crippen LogP contribution in [0.15, 0.2) is 24.3 Å². The molecule has 0 bridgehead atoms. The molecule has 0 aliphatic heterocycles. The summed E-state index contributed by atoms with van der Waals surface area (Å²) in [6.45, 7) is 1.60. The lowest BCUT2D eigenvalue weighted by Gasteiger charge is -2.31. The van der Waals surface area contributed by atoms with Gasteiger partial charge in [-0.15, -0.1) is 0 Å². The zero-order valence-electron chi connectivity index (χ0n) is 12.5. The third-order valence-corrected chi connectivity index (χ3v) is 4.25. The van der Waals surface area contributed by atoms with Crippen LogP contribution in [0.4, 0.5) is 0 Å². The molecule has 0 unspecified atom stereocenters. The molecule has 0 radical (unpaired) electrons. The summed E-state index contributed by atoms with van der Waals surface area (Å²) in [6, 6.07) is 7.82. The lowest BCUT2D eigenvalue weighted by atomic mass is 9.88. The summed E-state index contributed by atoms with van der Waals surface area (Å²) in [4.78, 5) is 12.2. The number of halogens is 1. The normalized spacial score (nSPS) is 16.9. The lowest BCUT2D eigenvalue weighted by Crippen LogP contribution is -2.47. The van der Waals surface area contributed by atoms with Crippen molar-refractivity contribution < 1.29 is 9.53 Å². The molecule has 1 saturated carbocycles. The van der Waals surface area contributed by atoms with Crippen LogP contribution in [-0.2, 0) is 15.1 Å². The molecule has 1 aliphatic carbocycles. The van der Waals surface area contributed by atoms with Gasteiger partial charge in [0.2, 0.25) is 5.91 Å². The first kappa shape index (κ1) is 16.3. The van der Waals surface area contributed by atoms with Crippen LogP contribution in [-0.4, -0.2) is 32.7 Å². The molecule has 1 aliphatic rings. The summed E-state index contributed by atoms with van der Waals surface area (Å²) >= 11 is 5.96. The molecule has 116 valence electrons. The van der Waals surface area contributed by atoms with E-state index < -0.39 is 0 Å². The van der Waals surface area contributed by atoms with E-state index in [4.69, 9.17) is 16.3 Å². The molecule has 0 spiro atoms. The van der Waals surface area contributed by atoms with Crippen molar-refractivity contribution in [1.29, 1.82) is 0 Å². The van der Waals surface area contributed by atoms with Crippen molar-refractivity contribution >= 4 is 17.5 Å². The number of rotatable bonds is 7. The Morgan fingerprint density at radius 3 is 2.57 bits per heavy atom.